The summed E-state index contributed by atoms with van der Waals surface area (Å²) in [5.41, 5.74) is 1.80. The van der Waals surface area contributed by atoms with Crippen LogP contribution < -0.4 is 0 Å². The second-order valence-electron chi connectivity index (χ2n) is 3.85. The quantitative estimate of drug-likeness (QED) is 0.535. The highest BCUT2D eigenvalue weighted by atomic mass is 32.2. The lowest BCUT2D eigenvalue weighted by Crippen LogP contribution is -2.07. The molecule has 0 N–H and O–H groups in total. The zero-order valence-corrected chi connectivity index (χ0v) is 8.37. The molecule has 11 heavy (non-hydrogen) atoms. The number of thioether (sulfide) groups is 1. The van der Waals surface area contributed by atoms with Crippen molar-refractivity contribution < 1.29 is 0 Å². The molecule has 0 bridgehead atoms. The molecular weight excluding hydrogens is 152 g/mol. The van der Waals surface area contributed by atoms with Crippen molar-refractivity contribution in [3.05, 3.63) is 23.8 Å². The van der Waals surface area contributed by atoms with E-state index in [2.05, 4.69) is 39.0 Å². The largest absolute Gasteiger partial charge is 0.154 e. The average molecular weight is 168 g/mol. The van der Waals surface area contributed by atoms with Crippen LogP contribution in [0.2, 0.25) is 0 Å². The lowest BCUT2D eigenvalue weighted by molar-refractivity contribution is 0.516. The molecule has 0 unspecified atom stereocenters. The Morgan fingerprint density at radius 1 is 1.27 bits per heavy atom. The normalized spacial score (nSPS) is 19.4. The van der Waals surface area contributed by atoms with Gasteiger partial charge in [-0.2, -0.15) is 11.8 Å². The van der Waals surface area contributed by atoms with E-state index in [4.69, 9.17) is 0 Å². The maximum Gasteiger partial charge on any atom is 0.0122 e. The summed E-state index contributed by atoms with van der Waals surface area (Å²) in [5, 5.41) is 0. The Morgan fingerprint density at radius 2 is 2.00 bits per heavy atom. The Morgan fingerprint density at radius 3 is 2.64 bits per heavy atom. The van der Waals surface area contributed by atoms with E-state index in [0.717, 1.165) is 5.75 Å². The van der Waals surface area contributed by atoms with Gasteiger partial charge in [-0.1, -0.05) is 39.0 Å². The molecule has 0 fully saturated rings. The first-order chi connectivity index (χ1) is 5.11. The minimum absolute atomic E-state index is 0.321. The fourth-order valence-corrected chi connectivity index (χ4v) is 1.75. The van der Waals surface area contributed by atoms with E-state index in [9.17, 15) is 0 Å². The van der Waals surface area contributed by atoms with Gasteiger partial charge in [-0.15, -0.1) is 0 Å². The molecule has 0 spiro atoms. The summed E-state index contributed by atoms with van der Waals surface area (Å²) >= 11 is 1.97. The summed E-state index contributed by atoms with van der Waals surface area (Å²) < 4.78 is 0. The molecule has 62 valence electrons. The monoisotopic (exact) mass is 168 g/mol. The van der Waals surface area contributed by atoms with Crippen LogP contribution in [0.1, 0.15) is 20.8 Å². The second kappa shape index (κ2) is 3.48. The molecule has 1 aliphatic heterocycles. The van der Waals surface area contributed by atoms with Gasteiger partial charge >= 0.3 is 0 Å². The molecular formula is C10H16S. The number of allylic oxidation sites excluding steroid dienone is 2. The lowest BCUT2D eigenvalue weighted by atomic mass is 9.86. The summed E-state index contributed by atoms with van der Waals surface area (Å²) in [7, 11) is 0. The van der Waals surface area contributed by atoms with Gasteiger partial charge in [-0.25, -0.2) is 0 Å². The van der Waals surface area contributed by atoms with Gasteiger partial charge in [-0.05, 0) is 11.0 Å². The van der Waals surface area contributed by atoms with E-state index in [-0.39, 0.29) is 0 Å². The highest BCUT2D eigenvalue weighted by Crippen LogP contribution is 2.28. The van der Waals surface area contributed by atoms with Gasteiger partial charge in [0.2, 0.25) is 0 Å². The summed E-state index contributed by atoms with van der Waals surface area (Å²) in [4.78, 5) is 0. The molecule has 0 aliphatic carbocycles. The molecule has 0 atom stereocenters. The summed E-state index contributed by atoms with van der Waals surface area (Å²) in [6.45, 7) is 6.79. The molecule has 0 radical (unpaired) electrons. The molecule has 0 aromatic carbocycles. The predicted octanol–water partition coefficient (Wildman–Crippen LogP) is 3.26. The Balaban J connectivity index is 2.75. The summed E-state index contributed by atoms with van der Waals surface area (Å²) in [5.74, 6) is 2.33. The first-order valence-corrected chi connectivity index (χ1v) is 5.21. The third kappa shape index (κ3) is 2.74. The van der Waals surface area contributed by atoms with E-state index in [0.29, 0.717) is 5.41 Å². The fraction of sp³-hybridized carbons (Fsp3) is 0.600. The molecule has 0 aromatic heterocycles. The third-order valence-corrected chi connectivity index (χ3v) is 2.63. The van der Waals surface area contributed by atoms with E-state index in [1.54, 1.807) is 0 Å². The van der Waals surface area contributed by atoms with E-state index in [1.165, 1.54) is 11.3 Å². The average Bonchev–Trinajstić information content (AvgIpc) is 2.10. The minimum Gasteiger partial charge on any atom is -0.154 e. The Hall–Kier alpha value is -0.170. The molecule has 0 amide bonds. The van der Waals surface area contributed by atoms with Crippen LogP contribution in [0.25, 0.3) is 0 Å². The van der Waals surface area contributed by atoms with Crippen molar-refractivity contribution in [2.45, 2.75) is 20.8 Å². The van der Waals surface area contributed by atoms with Gasteiger partial charge in [0.05, 0.1) is 0 Å². The maximum absolute atomic E-state index is 2.34. The topological polar surface area (TPSA) is 0 Å². The zero-order chi connectivity index (χ0) is 8.32. The van der Waals surface area contributed by atoms with Gasteiger partial charge in [0.15, 0.2) is 0 Å². The summed E-state index contributed by atoms with van der Waals surface area (Å²) in [6.07, 6.45) is 6.86. The minimum atomic E-state index is 0.321. The summed E-state index contributed by atoms with van der Waals surface area (Å²) in [6, 6.07) is 0. The fourth-order valence-electron chi connectivity index (χ4n) is 1.08. The van der Waals surface area contributed by atoms with Crippen LogP contribution in [0.3, 0.4) is 0 Å². The van der Waals surface area contributed by atoms with Gasteiger partial charge in [0.25, 0.3) is 0 Å². The molecule has 0 saturated heterocycles. The van der Waals surface area contributed by atoms with E-state index >= 15 is 0 Å². The van der Waals surface area contributed by atoms with Crippen LogP contribution in [0, 0.1) is 5.41 Å². The number of hydrogen-bond acceptors (Lipinski definition) is 1. The second-order valence-corrected chi connectivity index (χ2v) is 4.92. The zero-order valence-electron chi connectivity index (χ0n) is 7.55. The molecule has 1 rings (SSSR count). The van der Waals surface area contributed by atoms with Crippen molar-refractivity contribution in [1.29, 1.82) is 0 Å². The number of rotatable bonds is 0. The van der Waals surface area contributed by atoms with Crippen LogP contribution in [-0.2, 0) is 0 Å². The predicted molar refractivity (Wildman–Crippen MR) is 54.0 cm³/mol. The third-order valence-electron chi connectivity index (χ3n) is 1.80. The number of hydrogen-bond donors (Lipinski definition) is 0. The van der Waals surface area contributed by atoms with Crippen LogP contribution in [0.4, 0.5) is 0 Å². The van der Waals surface area contributed by atoms with Crippen molar-refractivity contribution in [2.75, 3.05) is 11.5 Å². The Kier molecular flexibility index (Phi) is 2.83. The highest BCUT2D eigenvalue weighted by molar-refractivity contribution is 7.99. The van der Waals surface area contributed by atoms with Crippen molar-refractivity contribution in [3.8, 4) is 0 Å². The highest BCUT2D eigenvalue weighted by Gasteiger charge is 2.14. The molecule has 1 heterocycles. The van der Waals surface area contributed by atoms with Crippen molar-refractivity contribution in [1.82, 2.24) is 0 Å². The van der Waals surface area contributed by atoms with Gasteiger partial charge in [0, 0.05) is 11.5 Å². The maximum atomic E-state index is 2.34. The Bertz CT molecular complexity index is 182. The van der Waals surface area contributed by atoms with Crippen molar-refractivity contribution >= 4 is 11.8 Å². The van der Waals surface area contributed by atoms with E-state index in [1.807, 2.05) is 11.8 Å². The van der Waals surface area contributed by atoms with Crippen LogP contribution in [0.5, 0.6) is 0 Å². The SMILES string of the molecule is CC(C)(C)C1=CCSCC=C1. The smallest absolute Gasteiger partial charge is 0.0122 e. The van der Waals surface area contributed by atoms with Gasteiger partial charge < -0.3 is 0 Å². The van der Waals surface area contributed by atoms with E-state index < -0.39 is 0 Å². The van der Waals surface area contributed by atoms with Crippen LogP contribution in [0.15, 0.2) is 23.8 Å². The standard InChI is InChI=1S/C10H16S/c1-10(2,3)9-5-4-7-11-8-6-9/h4-6H,7-8H2,1-3H3. The lowest BCUT2D eigenvalue weighted by Gasteiger charge is -2.19. The molecule has 0 saturated carbocycles. The Labute approximate surface area is 73.8 Å². The molecule has 0 aromatic rings. The molecule has 1 heteroatoms. The van der Waals surface area contributed by atoms with Gasteiger partial charge in [-0.3, -0.25) is 0 Å². The molecule has 1 aliphatic rings. The van der Waals surface area contributed by atoms with Crippen molar-refractivity contribution in [3.63, 3.8) is 0 Å². The molecule has 0 nitrogen and oxygen atoms in total. The first kappa shape index (κ1) is 8.92. The van der Waals surface area contributed by atoms with Crippen LogP contribution >= 0.6 is 11.8 Å². The van der Waals surface area contributed by atoms with Crippen LogP contribution in [-0.4, -0.2) is 11.5 Å². The first-order valence-electron chi connectivity index (χ1n) is 4.05. The van der Waals surface area contributed by atoms with Gasteiger partial charge in [0.1, 0.15) is 0 Å². The van der Waals surface area contributed by atoms with Crippen molar-refractivity contribution in [2.24, 2.45) is 5.41 Å².